The first-order valence-corrected chi connectivity index (χ1v) is 18.2. The summed E-state index contributed by atoms with van der Waals surface area (Å²) in [6.07, 6.45) is 0. The fourth-order valence-electron chi connectivity index (χ4n) is 9.27. The van der Waals surface area contributed by atoms with Crippen molar-refractivity contribution >= 4 is 54.3 Å². The number of hydrogen-bond donors (Lipinski definition) is 0. The first-order valence-electron chi connectivity index (χ1n) is 18.2. The molecular formula is C51H34O. The molecule has 0 N–H and O–H groups in total. The molecule has 10 aromatic rings. The molecule has 244 valence electrons. The van der Waals surface area contributed by atoms with Crippen molar-refractivity contribution in [1.82, 2.24) is 0 Å². The summed E-state index contributed by atoms with van der Waals surface area (Å²) < 4.78 is 6.36. The van der Waals surface area contributed by atoms with E-state index in [9.17, 15) is 0 Å². The van der Waals surface area contributed by atoms with Crippen molar-refractivity contribution in [2.75, 3.05) is 0 Å². The zero-order valence-corrected chi connectivity index (χ0v) is 29.1. The van der Waals surface area contributed by atoms with Crippen molar-refractivity contribution in [3.8, 4) is 44.5 Å². The van der Waals surface area contributed by atoms with Gasteiger partial charge in [-0.05, 0) is 118 Å². The third-order valence-corrected chi connectivity index (χ3v) is 11.6. The maximum atomic E-state index is 6.36. The minimum absolute atomic E-state index is 0.167. The molecule has 0 saturated heterocycles. The summed E-state index contributed by atoms with van der Waals surface area (Å²) in [4.78, 5) is 0. The molecule has 0 unspecified atom stereocenters. The van der Waals surface area contributed by atoms with Crippen molar-refractivity contribution in [2.24, 2.45) is 0 Å². The highest BCUT2D eigenvalue weighted by Crippen LogP contribution is 2.54. The lowest BCUT2D eigenvalue weighted by Gasteiger charge is -2.23. The van der Waals surface area contributed by atoms with Gasteiger partial charge in [0.15, 0.2) is 0 Å². The number of fused-ring (bicyclic) bond motifs is 10. The second-order valence-electron chi connectivity index (χ2n) is 14.8. The summed E-state index contributed by atoms with van der Waals surface area (Å²) in [5, 5.41) is 10.0. The van der Waals surface area contributed by atoms with E-state index in [2.05, 4.69) is 184 Å². The van der Waals surface area contributed by atoms with Gasteiger partial charge in [-0.1, -0.05) is 153 Å². The second-order valence-corrected chi connectivity index (χ2v) is 14.8. The molecule has 1 aliphatic rings. The van der Waals surface area contributed by atoms with Gasteiger partial charge >= 0.3 is 0 Å². The van der Waals surface area contributed by atoms with E-state index in [0.29, 0.717) is 0 Å². The van der Waals surface area contributed by atoms with Crippen LogP contribution in [0.25, 0.3) is 98.8 Å². The lowest BCUT2D eigenvalue weighted by molar-refractivity contribution is 0.657. The van der Waals surface area contributed by atoms with Gasteiger partial charge in [0.05, 0.1) is 0 Å². The number of hydrogen-bond acceptors (Lipinski definition) is 1. The van der Waals surface area contributed by atoms with E-state index < -0.39 is 0 Å². The molecule has 0 fully saturated rings. The summed E-state index contributed by atoms with van der Waals surface area (Å²) in [5.41, 5.74) is 14.5. The van der Waals surface area contributed by atoms with E-state index in [0.717, 1.165) is 11.2 Å². The summed E-state index contributed by atoms with van der Waals surface area (Å²) >= 11 is 0. The van der Waals surface area contributed by atoms with Crippen LogP contribution in [0, 0.1) is 0 Å². The van der Waals surface area contributed by atoms with E-state index in [1.807, 2.05) is 0 Å². The van der Waals surface area contributed by atoms with Crippen molar-refractivity contribution in [1.29, 1.82) is 0 Å². The fourth-order valence-corrected chi connectivity index (χ4v) is 9.27. The predicted octanol–water partition coefficient (Wildman–Crippen LogP) is 14.4. The lowest BCUT2D eigenvalue weighted by Crippen LogP contribution is -2.15. The number of furan rings is 1. The molecule has 0 saturated carbocycles. The average Bonchev–Trinajstić information content (AvgIpc) is 3.68. The Kier molecular flexibility index (Phi) is 6.08. The van der Waals surface area contributed by atoms with Crippen LogP contribution in [-0.2, 0) is 5.41 Å². The number of benzene rings is 9. The molecule has 0 atom stereocenters. The summed E-state index contributed by atoms with van der Waals surface area (Å²) in [7, 11) is 0. The Morgan fingerprint density at radius 1 is 0.385 bits per heavy atom. The molecule has 11 rings (SSSR count). The third-order valence-electron chi connectivity index (χ3n) is 11.6. The maximum Gasteiger partial charge on any atom is 0.135 e. The van der Waals surface area contributed by atoms with Gasteiger partial charge < -0.3 is 4.42 Å². The molecule has 0 amide bonds. The van der Waals surface area contributed by atoms with Crippen LogP contribution in [0.3, 0.4) is 0 Å². The first-order chi connectivity index (χ1) is 25.5. The molecule has 52 heavy (non-hydrogen) atoms. The van der Waals surface area contributed by atoms with Gasteiger partial charge in [-0.3, -0.25) is 0 Å². The largest absolute Gasteiger partial charge is 0.456 e. The molecule has 1 nitrogen and oxygen atoms in total. The Morgan fingerprint density at radius 3 is 1.69 bits per heavy atom. The van der Waals surface area contributed by atoms with Crippen LogP contribution in [0.2, 0.25) is 0 Å². The van der Waals surface area contributed by atoms with Crippen LogP contribution in [0.5, 0.6) is 0 Å². The van der Waals surface area contributed by atoms with E-state index in [1.165, 1.54) is 98.7 Å². The van der Waals surface area contributed by atoms with E-state index in [4.69, 9.17) is 4.42 Å². The third kappa shape index (κ3) is 4.11. The summed E-state index contributed by atoms with van der Waals surface area (Å²) in [6.45, 7) is 4.73. The highest BCUT2D eigenvalue weighted by atomic mass is 16.3. The Morgan fingerprint density at radius 2 is 0.962 bits per heavy atom. The monoisotopic (exact) mass is 662 g/mol. The molecule has 0 radical (unpaired) electrons. The predicted molar refractivity (Wildman–Crippen MR) is 220 cm³/mol. The molecule has 1 aliphatic carbocycles. The Hall–Kier alpha value is -6.44. The van der Waals surface area contributed by atoms with Crippen molar-refractivity contribution < 1.29 is 4.42 Å². The second kappa shape index (κ2) is 10.8. The quantitative estimate of drug-likeness (QED) is 0.172. The Balaban J connectivity index is 1.13. The van der Waals surface area contributed by atoms with Gasteiger partial charge in [0.25, 0.3) is 0 Å². The van der Waals surface area contributed by atoms with Crippen molar-refractivity contribution in [3.63, 3.8) is 0 Å². The van der Waals surface area contributed by atoms with E-state index in [1.54, 1.807) is 0 Å². The van der Waals surface area contributed by atoms with Crippen molar-refractivity contribution in [2.45, 2.75) is 19.3 Å². The SMILES string of the molecule is CC1(C)c2ccc(-c3c4ccccc4c(-c4cccc(-c5ccc6ccccc6c5)c4)c4ccccc34)cc2-c2ccc3oc4ccccc4c3c21. The van der Waals surface area contributed by atoms with Crippen LogP contribution in [0.15, 0.2) is 174 Å². The number of rotatable bonds is 3. The molecule has 1 heterocycles. The minimum atomic E-state index is -0.167. The molecule has 1 aromatic heterocycles. The van der Waals surface area contributed by atoms with Crippen LogP contribution in [0.4, 0.5) is 0 Å². The molecule has 0 bridgehead atoms. The highest BCUT2D eigenvalue weighted by Gasteiger charge is 2.38. The topological polar surface area (TPSA) is 13.1 Å². The van der Waals surface area contributed by atoms with E-state index >= 15 is 0 Å². The van der Waals surface area contributed by atoms with Crippen molar-refractivity contribution in [3.05, 3.63) is 181 Å². The molecular weight excluding hydrogens is 629 g/mol. The Bertz CT molecular complexity index is 3040. The first kappa shape index (κ1) is 29.3. The van der Waals surface area contributed by atoms with Gasteiger partial charge in [-0.15, -0.1) is 0 Å². The lowest BCUT2D eigenvalue weighted by atomic mass is 9.80. The van der Waals surface area contributed by atoms with E-state index in [-0.39, 0.29) is 5.41 Å². The smallest absolute Gasteiger partial charge is 0.135 e. The van der Waals surface area contributed by atoms with Crippen LogP contribution in [0.1, 0.15) is 25.0 Å². The zero-order valence-electron chi connectivity index (χ0n) is 29.1. The standard InChI is InChI=1S/C51H34O/c1-51(2)44-26-24-36(30-43(44)41-25-27-46-49(50(41)51)42-20-9-10-21-45(42)52-46)48-39-18-7-5-16-37(39)47(38-17-6-8-19-40(38)48)35-15-11-14-33(29-35)34-23-22-31-12-3-4-13-32(31)28-34/h3-30H,1-2H3. The maximum absolute atomic E-state index is 6.36. The van der Waals surface area contributed by atoms with Crippen LogP contribution >= 0.6 is 0 Å². The van der Waals surface area contributed by atoms with Crippen LogP contribution in [-0.4, -0.2) is 0 Å². The Labute approximate surface area is 302 Å². The number of para-hydroxylation sites is 1. The molecule has 0 spiro atoms. The van der Waals surface area contributed by atoms with Gasteiger partial charge in [0.1, 0.15) is 11.2 Å². The zero-order chi connectivity index (χ0) is 34.6. The summed E-state index contributed by atoms with van der Waals surface area (Å²) in [5.74, 6) is 0. The minimum Gasteiger partial charge on any atom is -0.456 e. The molecule has 9 aromatic carbocycles. The van der Waals surface area contributed by atoms with Crippen LogP contribution < -0.4 is 0 Å². The highest BCUT2D eigenvalue weighted by molar-refractivity contribution is 6.22. The van der Waals surface area contributed by atoms with Gasteiger partial charge in [0.2, 0.25) is 0 Å². The summed E-state index contributed by atoms with van der Waals surface area (Å²) in [6, 6.07) is 62.5. The fraction of sp³-hybridized carbons (Fsp3) is 0.0588. The van der Waals surface area contributed by atoms with Gasteiger partial charge in [-0.2, -0.15) is 0 Å². The normalized spacial score (nSPS) is 13.3. The van der Waals surface area contributed by atoms with Gasteiger partial charge in [-0.25, -0.2) is 0 Å². The average molecular weight is 663 g/mol. The molecule has 1 heteroatoms. The molecule has 0 aliphatic heterocycles. The van der Waals surface area contributed by atoms with Gasteiger partial charge in [0, 0.05) is 16.2 Å².